The Morgan fingerprint density at radius 3 is 2.28 bits per heavy atom. The number of amides is 2. The summed E-state index contributed by atoms with van der Waals surface area (Å²) in [5.74, 6) is -1.66. The molecule has 0 radical (unpaired) electrons. The fourth-order valence-corrected chi connectivity index (χ4v) is 1.59. The Labute approximate surface area is 148 Å². The van der Waals surface area contributed by atoms with Crippen LogP contribution in [0.1, 0.15) is 13.8 Å². The molecule has 10 nitrogen and oxygen atoms in total. The second kappa shape index (κ2) is 9.32. The van der Waals surface area contributed by atoms with Crippen LogP contribution < -0.4 is 26.5 Å². The van der Waals surface area contributed by atoms with E-state index in [9.17, 15) is 14.7 Å². The summed E-state index contributed by atoms with van der Waals surface area (Å²) < 4.78 is 0. The van der Waals surface area contributed by atoms with Crippen molar-refractivity contribution in [3.05, 3.63) is 35.6 Å². The molecule has 11 heteroatoms. The molecule has 5 N–H and O–H groups in total. The number of carbonyl (C=O) groups is 2. The molecule has 1 aromatic carbocycles. The Morgan fingerprint density at radius 2 is 1.80 bits per heavy atom. The standard InChI is InChI=1S/C14H17N5O5S/c1-8(20)12(7-15-14(25)18-17-9(2)21)13(22)16-10-3-5-11(6-4-10)19(23)24/h3-7,20,23-24H,1-2H3,(H,16,22)(H,17,21)(H,18,25)/p-1/b12-8-,15-7+. The molecular weight excluding hydrogens is 350 g/mol. The average molecular weight is 366 g/mol. The quantitative estimate of drug-likeness (QED) is 0.162. The van der Waals surface area contributed by atoms with Gasteiger partial charge in [0.1, 0.15) is 0 Å². The first kappa shape index (κ1) is 20.0. The monoisotopic (exact) mass is 366 g/mol. The largest absolute Gasteiger partial charge is 0.875 e. The van der Waals surface area contributed by atoms with Gasteiger partial charge in [0.25, 0.3) is 5.91 Å². The van der Waals surface area contributed by atoms with E-state index >= 15 is 0 Å². The van der Waals surface area contributed by atoms with Crippen LogP contribution in [0.5, 0.6) is 0 Å². The summed E-state index contributed by atoms with van der Waals surface area (Å²) >= 11 is 4.80. The lowest BCUT2D eigenvalue weighted by molar-refractivity contribution is -0.302. The Kier molecular flexibility index (Phi) is 7.46. The Bertz CT molecular complexity index is 711. The summed E-state index contributed by atoms with van der Waals surface area (Å²) in [7, 11) is 0. The number of anilines is 2. The van der Waals surface area contributed by atoms with Crippen LogP contribution in [0.2, 0.25) is 0 Å². The number of allylic oxidation sites excluding steroid dienone is 1. The number of rotatable bonds is 4. The zero-order valence-corrected chi connectivity index (χ0v) is 14.1. The molecule has 1 aromatic rings. The number of hydrazine groups is 1. The highest BCUT2D eigenvalue weighted by atomic mass is 32.1. The first-order valence-corrected chi connectivity index (χ1v) is 7.19. The van der Waals surface area contributed by atoms with Crippen molar-refractivity contribution in [1.29, 1.82) is 0 Å². The van der Waals surface area contributed by atoms with E-state index in [2.05, 4.69) is 21.2 Å². The summed E-state index contributed by atoms with van der Waals surface area (Å²) in [5, 5.41) is 31.5. The maximum absolute atomic E-state index is 12.1. The van der Waals surface area contributed by atoms with Crippen molar-refractivity contribution in [2.45, 2.75) is 13.8 Å². The molecule has 0 saturated carbocycles. The highest BCUT2D eigenvalue weighted by molar-refractivity contribution is 7.80. The van der Waals surface area contributed by atoms with Crippen molar-refractivity contribution in [3.8, 4) is 0 Å². The van der Waals surface area contributed by atoms with Gasteiger partial charge in [-0.1, -0.05) is 6.92 Å². The molecule has 0 saturated heterocycles. The zero-order chi connectivity index (χ0) is 19.0. The van der Waals surface area contributed by atoms with Crippen molar-refractivity contribution < 1.29 is 25.1 Å². The first-order valence-electron chi connectivity index (χ1n) is 6.78. The molecule has 0 spiro atoms. The predicted molar refractivity (Wildman–Crippen MR) is 91.9 cm³/mol. The van der Waals surface area contributed by atoms with Crippen LogP contribution in [0, 0.1) is 0 Å². The van der Waals surface area contributed by atoms with Gasteiger partial charge in [0.05, 0.1) is 5.69 Å². The van der Waals surface area contributed by atoms with Gasteiger partial charge in [0, 0.05) is 24.4 Å². The molecule has 0 unspecified atom stereocenters. The molecule has 0 fully saturated rings. The highest BCUT2D eigenvalue weighted by Gasteiger charge is 2.09. The van der Waals surface area contributed by atoms with Gasteiger partial charge < -0.3 is 10.4 Å². The molecule has 134 valence electrons. The zero-order valence-electron chi connectivity index (χ0n) is 13.3. The smallest absolute Gasteiger partial charge is 0.256 e. The molecule has 0 aliphatic carbocycles. The van der Waals surface area contributed by atoms with Gasteiger partial charge in [0.2, 0.25) is 11.0 Å². The fourth-order valence-electron chi connectivity index (χ4n) is 1.48. The minimum absolute atomic E-state index is 0.0750. The van der Waals surface area contributed by atoms with Gasteiger partial charge in [-0.15, -0.1) is 11.0 Å². The molecular formula is C14H16N5O5S-. The van der Waals surface area contributed by atoms with Crippen molar-refractivity contribution in [1.82, 2.24) is 10.9 Å². The molecule has 0 aliphatic heterocycles. The average Bonchev–Trinajstić information content (AvgIpc) is 2.53. The van der Waals surface area contributed by atoms with Gasteiger partial charge in [-0.3, -0.25) is 30.9 Å². The van der Waals surface area contributed by atoms with Crippen LogP contribution in [0.25, 0.3) is 0 Å². The normalized spacial score (nSPS) is 11.5. The van der Waals surface area contributed by atoms with Gasteiger partial charge in [-0.25, -0.2) is 4.99 Å². The van der Waals surface area contributed by atoms with Crippen LogP contribution in [-0.2, 0) is 9.59 Å². The van der Waals surface area contributed by atoms with Crippen LogP contribution in [0.15, 0.2) is 40.6 Å². The van der Waals surface area contributed by atoms with E-state index in [1.807, 2.05) is 0 Å². The Morgan fingerprint density at radius 1 is 1.20 bits per heavy atom. The topological polar surface area (TPSA) is 149 Å². The van der Waals surface area contributed by atoms with E-state index in [-0.39, 0.29) is 27.5 Å². The molecule has 25 heavy (non-hydrogen) atoms. The van der Waals surface area contributed by atoms with E-state index < -0.39 is 11.7 Å². The van der Waals surface area contributed by atoms with Crippen molar-refractivity contribution >= 4 is 46.7 Å². The second-order valence-corrected chi connectivity index (χ2v) is 5.02. The van der Waals surface area contributed by atoms with Crippen LogP contribution in [0.4, 0.5) is 11.4 Å². The van der Waals surface area contributed by atoms with Crippen LogP contribution >= 0.6 is 12.2 Å². The van der Waals surface area contributed by atoms with Crippen molar-refractivity contribution in [2.24, 2.45) is 4.99 Å². The number of thiocarbonyl (C=S) groups is 1. The second-order valence-electron chi connectivity index (χ2n) is 4.63. The minimum atomic E-state index is -0.726. The lowest BCUT2D eigenvalue weighted by Crippen LogP contribution is -2.38. The third-order valence-corrected chi connectivity index (χ3v) is 2.84. The van der Waals surface area contributed by atoms with E-state index in [0.29, 0.717) is 5.69 Å². The molecule has 2 amide bonds. The summed E-state index contributed by atoms with van der Waals surface area (Å²) in [6.07, 6.45) is 0.979. The molecule has 0 heterocycles. The van der Waals surface area contributed by atoms with E-state index in [1.54, 1.807) is 0 Å². The fraction of sp³-hybridized carbons (Fsp3) is 0.143. The Hall–Kier alpha value is -3.02. The molecule has 1 rings (SSSR count). The van der Waals surface area contributed by atoms with Crippen molar-refractivity contribution in [3.63, 3.8) is 0 Å². The van der Waals surface area contributed by atoms with Crippen molar-refractivity contribution in [2.75, 3.05) is 10.5 Å². The SMILES string of the molecule is CC(=O)NNC(=S)/N=C/C(C(=O)Nc1ccc(N(O)O)cc1)=C(\C)[O-]. The summed E-state index contributed by atoms with van der Waals surface area (Å²) in [6, 6.07) is 5.49. The molecule has 0 bridgehead atoms. The summed E-state index contributed by atoms with van der Waals surface area (Å²) in [4.78, 5) is 26.6. The summed E-state index contributed by atoms with van der Waals surface area (Å²) in [6.45, 7) is 2.45. The molecule has 0 aromatic heterocycles. The highest BCUT2D eigenvalue weighted by Crippen LogP contribution is 2.16. The number of hydrogen-bond acceptors (Lipinski definition) is 7. The number of hydrogen-bond donors (Lipinski definition) is 5. The molecule has 0 atom stereocenters. The lowest BCUT2D eigenvalue weighted by Gasteiger charge is -2.13. The van der Waals surface area contributed by atoms with Gasteiger partial charge >= 0.3 is 0 Å². The number of nitrogens with one attached hydrogen (secondary N) is 3. The number of aliphatic imine (C=N–C) groups is 1. The Balaban J connectivity index is 2.79. The molecule has 0 aliphatic rings. The van der Waals surface area contributed by atoms with E-state index in [0.717, 1.165) is 6.21 Å². The van der Waals surface area contributed by atoms with Crippen LogP contribution in [0.3, 0.4) is 0 Å². The third kappa shape index (κ3) is 6.95. The predicted octanol–water partition coefficient (Wildman–Crippen LogP) is -0.159. The number of nitrogens with zero attached hydrogens (tertiary/aromatic N) is 2. The van der Waals surface area contributed by atoms with Gasteiger partial charge in [-0.2, -0.15) is 0 Å². The van der Waals surface area contributed by atoms with E-state index in [1.165, 1.54) is 38.1 Å². The maximum atomic E-state index is 12.1. The number of carbonyl (C=O) groups excluding carboxylic acids is 2. The van der Waals surface area contributed by atoms with Crippen LogP contribution in [-0.4, -0.2) is 33.6 Å². The van der Waals surface area contributed by atoms with Gasteiger partial charge in [-0.05, 0) is 36.5 Å². The lowest BCUT2D eigenvalue weighted by atomic mass is 10.2. The van der Waals surface area contributed by atoms with Gasteiger partial charge in [0.15, 0.2) is 0 Å². The number of benzene rings is 1. The van der Waals surface area contributed by atoms with E-state index in [4.69, 9.17) is 22.6 Å². The summed E-state index contributed by atoms with van der Waals surface area (Å²) in [5.41, 5.74) is 4.65. The maximum Gasteiger partial charge on any atom is 0.256 e. The minimum Gasteiger partial charge on any atom is -0.875 e. The third-order valence-electron chi connectivity index (χ3n) is 2.64. The first-order chi connectivity index (χ1) is 11.7.